The Balaban J connectivity index is 1.90. The Hall–Kier alpha value is -0.820. The predicted molar refractivity (Wildman–Crippen MR) is 58.3 cm³/mol. The van der Waals surface area contributed by atoms with Crippen LogP contribution < -0.4 is 0 Å². The van der Waals surface area contributed by atoms with Gasteiger partial charge in [-0.1, -0.05) is 30.3 Å². The van der Waals surface area contributed by atoms with Gasteiger partial charge in [-0.15, -0.1) is 0 Å². The van der Waals surface area contributed by atoms with Crippen molar-refractivity contribution >= 4 is 0 Å². The minimum absolute atomic E-state index is 0.833. The van der Waals surface area contributed by atoms with E-state index in [2.05, 4.69) is 30.3 Å². The highest BCUT2D eigenvalue weighted by Crippen LogP contribution is 2.20. The summed E-state index contributed by atoms with van der Waals surface area (Å²) in [4.78, 5) is 0. The molecule has 1 aromatic carbocycles. The summed E-state index contributed by atoms with van der Waals surface area (Å²) < 4.78 is 5.46. The zero-order valence-corrected chi connectivity index (χ0v) is 8.61. The molecule has 1 aromatic rings. The molecule has 1 fully saturated rings. The van der Waals surface area contributed by atoms with Crippen LogP contribution in [-0.4, -0.2) is 13.2 Å². The van der Waals surface area contributed by atoms with Gasteiger partial charge in [0, 0.05) is 13.2 Å². The normalized spacial score (nSPS) is 23.0. The summed E-state index contributed by atoms with van der Waals surface area (Å²) in [6.07, 6.45) is 5.02. The van der Waals surface area contributed by atoms with Crippen molar-refractivity contribution in [2.24, 2.45) is 5.92 Å². The summed E-state index contributed by atoms with van der Waals surface area (Å²) in [5.41, 5.74) is 1.47. The smallest absolute Gasteiger partial charge is 0.0468 e. The van der Waals surface area contributed by atoms with Crippen molar-refractivity contribution in [2.75, 3.05) is 13.2 Å². The van der Waals surface area contributed by atoms with E-state index in [0.29, 0.717) is 0 Å². The van der Waals surface area contributed by atoms with Gasteiger partial charge in [-0.05, 0) is 37.2 Å². The highest BCUT2D eigenvalue weighted by Gasteiger charge is 2.12. The maximum atomic E-state index is 5.46. The second-order valence-electron chi connectivity index (χ2n) is 4.10. The summed E-state index contributed by atoms with van der Waals surface area (Å²) in [6, 6.07) is 10.8. The van der Waals surface area contributed by atoms with Crippen LogP contribution in [0.2, 0.25) is 0 Å². The van der Waals surface area contributed by atoms with E-state index in [1.807, 2.05) is 0 Å². The van der Waals surface area contributed by atoms with Crippen molar-refractivity contribution in [2.45, 2.75) is 25.7 Å². The minimum Gasteiger partial charge on any atom is -0.381 e. The maximum Gasteiger partial charge on any atom is 0.0468 e. The van der Waals surface area contributed by atoms with Gasteiger partial charge in [0.1, 0.15) is 0 Å². The van der Waals surface area contributed by atoms with Crippen molar-refractivity contribution in [3.8, 4) is 0 Å². The highest BCUT2D eigenvalue weighted by molar-refractivity contribution is 5.15. The molecule has 1 aliphatic rings. The summed E-state index contributed by atoms with van der Waals surface area (Å²) in [6.45, 7) is 1.92. The lowest BCUT2D eigenvalue weighted by Crippen LogP contribution is -2.04. The molecule has 1 unspecified atom stereocenters. The molecular weight excluding hydrogens is 172 g/mol. The molecule has 0 N–H and O–H groups in total. The fourth-order valence-corrected chi connectivity index (χ4v) is 2.12. The maximum absolute atomic E-state index is 5.46. The van der Waals surface area contributed by atoms with E-state index in [-0.39, 0.29) is 0 Å². The second-order valence-corrected chi connectivity index (χ2v) is 4.10. The van der Waals surface area contributed by atoms with Gasteiger partial charge in [-0.3, -0.25) is 0 Å². The standard InChI is InChI=1S/C13H18O/c1-2-5-12(6-3-1)11-13-7-4-9-14-10-8-13/h1-3,5-6,13H,4,7-11H2. The van der Waals surface area contributed by atoms with Crippen molar-refractivity contribution < 1.29 is 4.74 Å². The fraction of sp³-hybridized carbons (Fsp3) is 0.538. The Morgan fingerprint density at radius 3 is 2.79 bits per heavy atom. The van der Waals surface area contributed by atoms with Crippen LogP contribution in [0.5, 0.6) is 0 Å². The van der Waals surface area contributed by atoms with Crippen LogP contribution >= 0.6 is 0 Å². The first-order valence-electron chi connectivity index (χ1n) is 5.57. The highest BCUT2D eigenvalue weighted by atomic mass is 16.5. The Labute approximate surface area is 86.1 Å². The SMILES string of the molecule is c1ccc(CC2CCCOCC2)cc1. The molecule has 1 heterocycles. The first kappa shape index (κ1) is 9.72. The molecule has 0 aliphatic carbocycles. The van der Waals surface area contributed by atoms with Gasteiger partial charge in [0.25, 0.3) is 0 Å². The van der Waals surface area contributed by atoms with Crippen molar-refractivity contribution in [1.82, 2.24) is 0 Å². The molecule has 0 spiro atoms. The monoisotopic (exact) mass is 190 g/mol. The van der Waals surface area contributed by atoms with E-state index < -0.39 is 0 Å². The van der Waals surface area contributed by atoms with E-state index in [1.165, 1.54) is 31.2 Å². The zero-order valence-electron chi connectivity index (χ0n) is 8.61. The summed E-state index contributed by atoms with van der Waals surface area (Å²) in [5, 5.41) is 0. The van der Waals surface area contributed by atoms with Gasteiger partial charge in [-0.2, -0.15) is 0 Å². The number of hydrogen-bond donors (Lipinski definition) is 0. The molecule has 1 nitrogen and oxygen atoms in total. The molecule has 1 aliphatic heterocycles. The first-order chi connectivity index (χ1) is 6.95. The van der Waals surface area contributed by atoms with Crippen LogP contribution in [0.4, 0.5) is 0 Å². The van der Waals surface area contributed by atoms with Gasteiger partial charge in [-0.25, -0.2) is 0 Å². The number of benzene rings is 1. The van der Waals surface area contributed by atoms with E-state index >= 15 is 0 Å². The Morgan fingerprint density at radius 1 is 1.07 bits per heavy atom. The van der Waals surface area contributed by atoms with Crippen molar-refractivity contribution in [3.05, 3.63) is 35.9 Å². The molecule has 1 atom stereocenters. The number of hydrogen-bond acceptors (Lipinski definition) is 1. The van der Waals surface area contributed by atoms with Gasteiger partial charge >= 0.3 is 0 Å². The molecule has 76 valence electrons. The molecule has 0 bridgehead atoms. The van der Waals surface area contributed by atoms with E-state index in [1.54, 1.807) is 0 Å². The van der Waals surface area contributed by atoms with E-state index in [4.69, 9.17) is 4.74 Å². The lowest BCUT2D eigenvalue weighted by Gasteiger charge is -2.12. The third-order valence-electron chi connectivity index (χ3n) is 2.94. The van der Waals surface area contributed by atoms with Gasteiger partial charge in [0.2, 0.25) is 0 Å². The van der Waals surface area contributed by atoms with Crippen LogP contribution in [-0.2, 0) is 11.2 Å². The van der Waals surface area contributed by atoms with Gasteiger partial charge in [0.15, 0.2) is 0 Å². The minimum atomic E-state index is 0.833. The molecular formula is C13H18O. The molecule has 14 heavy (non-hydrogen) atoms. The van der Waals surface area contributed by atoms with Crippen LogP contribution in [0.3, 0.4) is 0 Å². The molecule has 1 saturated heterocycles. The quantitative estimate of drug-likeness (QED) is 0.696. The lowest BCUT2D eigenvalue weighted by molar-refractivity contribution is 0.141. The summed E-state index contributed by atoms with van der Waals surface area (Å²) >= 11 is 0. The lowest BCUT2D eigenvalue weighted by atomic mass is 9.93. The summed E-state index contributed by atoms with van der Waals surface area (Å²) in [7, 11) is 0. The van der Waals surface area contributed by atoms with Crippen LogP contribution in [0.1, 0.15) is 24.8 Å². The second kappa shape index (κ2) is 5.16. The van der Waals surface area contributed by atoms with Crippen LogP contribution in [0.25, 0.3) is 0 Å². The molecule has 0 amide bonds. The van der Waals surface area contributed by atoms with Crippen LogP contribution in [0, 0.1) is 5.92 Å². The Bertz CT molecular complexity index is 247. The predicted octanol–water partition coefficient (Wildman–Crippen LogP) is 3.05. The third kappa shape index (κ3) is 2.85. The van der Waals surface area contributed by atoms with E-state index in [0.717, 1.165) is 19.1 Å². The van der Waals surface area contributed by atoms with Gasteiger partial charge in [0.05, 0.1) is 0 Å². The van der Waals surface area contributed by atoms with Crippen molar-refractivity contribution in [3.63, 3.8) is 0 Å². The average molecular weight is 190 g/mol. The number of rotatable bonds is 2. The molecule has 0 aromatic heterocycles. The molecule has 1 heteroatoms. The van der Waals surface area contributed by atoms with Crippen LogP contribution in [0.15, 0.2) is 30.3 Å². The molecule has 0 saturated carbocycles. The largest absolute Gasteiger partial charge is 0.381 e. The Kier molecular flexibility index (Phi) is 3.58. The topological polar surface area (TPSA) is 9.23 Å². The van der Waals surface area contributed by atoms with Gasteiger partial charge < -0.3 is 4.74 Å². The van der Waals surface area contributed by atoms with Crippen molar-refractivity contribution in [1.29, 1.82) is 0 Å². The summed E-state index contributed by atoms with van der Waals surface area (Å²) in [5.74, 6) is 0.833. The zero-order chi connectivity index (χ0) is 9.64. The molecule has 0 radical (unpaired) electrons. The fourth-order valence-electron chi connectivity index (χ4n) is 2.12. The number of ether oxygens (including phenoxy) is 1. The molecule has 2 rings (SSSR count). The Morgan fingerprint density at radius 2 is 1.93 bits per heavy atom. The average Bonchev–Trinajstić information content (AvgIpc) is 2.48. The first-order valence-corrected chi connectivity index (χ1v) is 5.57. The third-order valence-corrected chi connectivity index (χ3v) is 2.94. The van der Waals surface area contributed by atoms with E-state index in [9.17, 15) is 0 Å².